The molecule has 0 fully saturated rings. The smallest absolute Gasteiger partial charge is 0.247 e. The number of aromatic nitrogens is 2. The van der Waals surface area contributed by atoms with Gasteiger partial charge in [0.05, 0.1) is 11.8 Å². The summed E-state index contributed by atoms with van der Waals surface area (Å²) in [5.74, 6) is 0. The predicted molar refractivity (Wildman–Crippen MR) is 53.8 cm³/mol. The standard InChI is InChI=1S/C8H13N3O3S/c1-15(13,14)8-10-5-3-6(11-8)7(12)2-4-9/h3,5,7,12H,2,4,9H2,1H3. The minimum Gasteiger partial charge on any atom is -0.387 e. The molecule has 0 spiro atoms. The van der Waals surface area contributed by atoms with Crippen LogP contribution >= 0.6 is 0 Å². The molecule has 1 atom stereocenters. The number of nitrogens with zero attached hydrogens (tertiary/aromatic N) is 2. The quantitative estimate of drug-likeness (QED) is 0.661. The van der Waals surface area contributed by atoms with Crippen molar-refractivity contribution in [1.82, 2.24) is 9.97 Å². The average Bonchev–Trinajstić information content (AvgIpc) is 2.17. The molecule has 3 N–H and O–H groups in total. The summed E-state index contributed by atoms with van der Waals surface area (Å²) in [6, 6.07) is 1.47. The first-order valence-corrected chi connectivity index (χ1v) is 6.25. The Hall–Kier alpha value is -1.05. The van der Waals surface area contributed by atoms with Crippen LogP contribution in [-0.2, 0) is 9.84 Å². The summed E-state index contributed by atoms with van der Waals surface area (Å²) >= 11 is 0. The molecule has 0 aliphatic carbocycles. The molecule has 0 saturated carbocycles. The molecule has 0 amide bonds. The van der Waals surface area contributed by atoms with E-state index in [1.807, 2.05) is 0 Å². The predicted octanol–water partition coefficient (Wildman–Crippen LogP) is -0.738. The van der Waals surface area contributed by atoms with Crippen LogP contribution in [0.3, 0.4) is 0 Å². The van der Waals surface area contributed by atoms with Crippen LogP contribution in [0, 0.1) is 0 Å². The summed E-state index contributed by atoms with van der Waals surface area (Å²) in [6.07, 6.45) is 1.80. The second kappa shape index (κ2) is 4.65. The second-order valence-electron chi connectivity index (χ2n) is 3.13. The Kier molecular flexibility index (Phi) is 3.72. The van der Waals surface area contributed by atoms with E-state index in [4.69, 9.17) is 5.73 Å². The second-order valence-corrected chi connectivity index (χ2v) is 5.04. The van der Waals surface area contributed by atoms with Crippen molar-refractivity contribution in [3.8, 4) is 0 Å². The Labute approximate surface area is 88.1 Å². The lowest BCUT2D eigenvalue weighted by molar-refractivity contribution is 0.164. The van der Waals surface area contributed by atoms with Crippen molar-refractivity contribution in [2.24, 2.45) is 5.73 Å². The van der Waals surface area contributed by atoms with E-state index < -0.39 is 15.9 Å². The van der Waals surface area contributed by atoms with E-state index in [-0.39, 0.29) is 10.9 Å². The van der Waals surface area contributed by atoms with Crippen LogP contribution in [0.5, 0.6) is 0 Å². The van der Waals surface area contributed by atoms with Gasteiger partial charge in [-0.25, -0.2) is 18.4 Å². The van der Waals surface area contributed by atoms with Crippen LogP contribution in [-0.4, -0.2) is 36.3 Å². The van der Waals surface area contributed by atoms with Gasteiger partial charge in [0.15, 0.2) is 0 Å². The van der Waals surface area contributed by atoms with Crippen molar-refractivity contribution < 1.29 is 13.5 Å². The largest absolute Gasteiger partial charge is 0.387 e. The first-order chi connectivity index (χ1) is 6.95. The number of nitrogens with two attached hydrogens (primary N) is 1. The van der Waals surface area contributed by atoms with Crippen LogP contribution in [0.25, 0.3) is 0 Å². The third-order valence-corrected chi connectivity index (χ3v) is 2.63. The monoisotopic (exact) mass is 231 g/mol. The molecule has 15 heavy (non-hydrogen) atoms. The fourth-order valence-electron chi connectivity index (χ4n) is 1.02. The van der Waals surface area contributed by atoms with Crippen LogP contribution in [0.2, 0.25) is 0 Å². The number of aliphatic hydroxyl groups excluding tert-OH is 1. The maximum absolute atomic E-state index is 11.1. The van der Waals surface area contributed by atoms with E-state index >= 15 is 0 Å². The van der Waals surface area contributed by atoms with E-state index in [0.717, 1.165) is 6.26 Å². The molecule has 1 unspecified atom stereocenters. The number of rotatable bonds is 4. The van der Waals surface area contributed by atoms with Gasteiger partial charge in [-0.1, -0.05) is 0 Å². The molecule has 0 bridgehead atoms. The summed E-state index contributed by atoms with van der Waals surface area (Å²) in [5.41, 5.74) is 5.54. The Bertz CT molecular complexity index is 433. The van der Waals surface area contributed by atoms with E-state index in [1.54, 1.807) is 0 Å². The van der Waals surface area contributed by atoms with Crippen molar-refractivity contribution in [2.45, 2.75) is 17.7 Å². The summed E-state index contributed by atoms with van der Waals surface area (Å²) in [7, 11) is -3.44. The molecule has 1 heterocycles. The van der Waals surface area contributed by atoms with Crippen LogP contribution in [0.15, 0.2) is 17.4 Å². The summed E-state index contributed by atoms with van der Waals surface area (Å²) in [5, 5.41) is 9.26. The van der Waals surface area contributed by atoms with Crippen molar-refractivity contribution in [2.75, 3.05) is 12.8 Å². The molecule has 0 aliphatic rings. The van der Waals surface area contributed by atoms with Gasteiger partial charge in [-0.15, -0.1) is 0 Å². The molecule has 0 saturated heterocycles. The van der Waals surface area contributed by atoms with Gasteiger partial charge in [0.25, 0.3) is 0 Å². The van der Waals surface area contributed by atoms with Crippen molar-refractivity contribution in [3.63, 3.8) is 0 Å². The lowest BCUT2D eigenvalue weighted by atomic mass is 10.2. The molecule has 1 aromatic heterocycles. The van der Waals surface area contributed by atoms with Crippen LogP contribution < -0.4 is 5.73 Å². The highest BCUT2D eigenvalue weighted by atomic mass is 32.2. The summed E-state index contributed by atoms with van der Waals surface area (Å²) in [6.45, 7) is 0.305. The molecule has 7 heteroatoms. The van der Waals surface area contributed by atoms with Gasteiger partial charge < -0.3 is 10.8 Å². The third-order valence-electron chi connectivity index (χ3n) is 1.77. The maximum Gasteiger partial charge on any atom is 0.247 e. The van der Waals surface area contributed by atoms with Crippen molar-refractivity contribution in [3.05, 3.63) is 18.0 Å². The lowest BCUT2D eigenvalue weighted by Gasteiger charge is -2.08. The normalized spacial score (nSPS) is 13.8. The molecule has 6 nitrogen and oxygen atoms in total. The highest BCUT2D eigenvalue weighted by Gasteiger charge is 2.14. The van der Waals surface area contributed by atoms with Gasteiger partial charge in [0.1, 0.15) is 0 Å². The zero-order valence-electron chi connectivity index (χ0n) is 8.29. The summed E-state index contributed by atoms with van der Waals surface area (Å²) < 4.78 is 22.3. The molecule has 0 aliphatic heterocycles. The number of sulfone groups is 1. The third kappa shape index (κ3) is 3.22. The van der Waals surface area contributed by atoms with Gasteiger partial charge in [-0.3, -0.25) is 0 Å². The van der Waals surface area contributed by atoms with Crippen LogP contribution in [0.4, 0.5) is 0 Å². The van der Waals surface area contributed by atoms with Gasteiger partial charge in [0, 0.05) is 12.5 Å². The fraction of sp³-hybridized carbons (Fsp3) is 0.500. The molecule has 0 radical (unpaired) electrons. The SMILES string of the molecule is CS(=O)(=O)c1nccc(C(O)CCN)n1. The minimum atomic E-state index is -3.44. The van der Waals surface area contributed by atoms with Gasteiger partial charge >= 0.3 is 0 Å². The molecular weight excluding hydrogens is 218 g/mol. The fourth-order valence-corrected chi connectivity index (χ4v) is 1.55. The molecule has 1 aromatic rings. The lowest BCUT2D eigenvalue weighted by Crippen LogP contribution is -2.11. The molecular formula is C8H13N3O3S. The van der Waals surface area contributed by atoms with E-state index in [9.17, 15) is 13.5 Å². The zero-order chi connectivity index (χ0) is 11.5. The molecule has 84 valence electrons. The Morgan fingerprint density at radius 1 is 1.60 bits per heavy atom. The minimum absolute atomic E-state index is 0.274. The van der Waals surface area contributed by atoms with E-state index in [2.05, 4.69) is 9.97 Å². The van der Waals surface area contributed by atoms with Crippen molar-refractivity contribution >= 4 is 9.84 Å². The first kappa shape index (κ1) is 12.0. The van der Waals surface area contributed by atoms with Gasteiger partial charge in [-0.2, -0.15) is 0 Å². The maximum atomic E-state index is 11.1. The topological polar surface area (TPSA) is 106 Å². The summed E-state index contributed by atoms with van der Waals surface area (Å²) in [4.78, 5) is 7.37. The zero-order valence-corrected chi connectivity index (χ0v) is 9.11. The highest BCUT2D eigenvalue weighted by Crippen LogP contribution is 2.13. The average molecular weight is 231 g/mol. The number of aliphatic hydroxyl groups is 1. The Morgan fingerprint density at radius 2 is 2.27 bits per heavy atom. The molecule has 0 aromatic carbocycles. The van der Waals surface area contributed by atoms with E-state index in [0.29, 0.717) is 13.0 Å². The van der Waals surface area contributed by atoms with Crippen molar-refractivity contribution in [1.29, 1.82) is 0 Å². The molecule has 1 rings (SSSR count). The van der Waals surface area contributed by atoms with Gasteiger partial charge in [-0.05, 0) is 19.0 Å². The van der Waals surface area contributed by atoms with Crippen LogP contribution in [0.1, 0.15) is 18.2 Å². The number of hydrogen-bond donors (Lipinski definition) is 2. The van der Waals surface area contributed by atoms with Gasteiger partial charge in [0.2, 0.25) is 15.0 Å². The Balaban J connectivity index is 3.03. The first-order valence-electron chi connectivity index (χ1n) is 4.36. The number of hydrogen-bond acceptors (Lipinski definition) is 6. The Morgan fingerprint density at radius 3 is 2.80 bits per heavy atom. The van der Waals surface area contributed by atoms with E-state index in [1.165, 1.54) is 12.3 Å². The highest BCUT2D eigenvalue weighted by molar-refractivity contribution is 7.90.